The molecule has 0 saturated carbocycles. The minimum Gasteiger partial charge on any atom is -0.487 e. The number of primary amides is 1. The second-order valence-electron chi connectivity index (χ2n) is 6.51. The van der Waals surface area contributed by atoms with Crippen LogP contribution in [0.25, 0.3) is 22.6 Å². The van der Waals surface area contributed by atoms with Gasteiger partial charge in [-0.3, -0.25) is 9.78 Å². The van der Waals surface area contributed by atoms with Crippen molar-refractivity contribution < 1.29 is 9.53 Å². The minimum atomic E-state index is -0.490. The molecule has 2 aromatic carbocycles. The zero-order valence-corrected chi connectivity index (χ0v) is 15.7. The van der Waals surface area contributed by atoms with Gasteiger partial charge >= 0.3 is 0 Å². The first-order valence-corrected chi connectivity index (χ1v) is 9.18. The lowest BCUT2D eigenvalue weighted by atomic mass is 10.0. The number of benzene rings is 2. The van der Waals surface area contributed by atoms with Crippen molar-refractivity contribution in [2.45, 2.75) is 6.61 Å². The average Bonchev–Trinajstić information content (AvgIpc) is 2.77. The van der Waals surface area contributed by atoms with Crippen molar-refractivity contribution in [1.82, 2.24) is 9.97 Å². The Balaban J connectivity index is 1.49. The third-order valence-corrected chi connectivity index (χ3v) is 4.49. The molecular formula is C24H19N3O2. The van der Waals surface area contributed by atoms with E-state index in [2.05, 4.69) is 9.97 Å². The van der Waals surface area contributed by atoms with E-state index < -0.39 is 5.91 Å². The molecule has 0 atom stereocenters. The van der Waals surface area contributed by atoms with Gasteiger partial charge in [-0.25, -0.2) is 4.98 Å². The number of hydrogen-bond donors (Lipinski definition) is 1. The van der Waals surface area contributed by atoms with E-state index in [9.17, 15) is 4.79 Å². The predicted molar refractivity (Wildman–Crippen MR) is 114 cm³/mol. The van der Waals surface area contributed by atoms with E-state index in [1.54, 1.807) is 18.5 Å². The summed E-state index contributed by atoms with van der Waals surface area (Å²) in [7, 11) is 0. The number of para-hydroxylation sites is 1. The van der Waals surface area contributed by atoms with Crippen LogP contribution in [0.5, 0.6) is 5.75 Å². The van der Waals surface area contributed by atoms with Crippen LogP contribution in [0.15, 0.2) is 85.2 Å². The molecule has 142 valence electrons. The summed E-state index contributed by atoms with van der Waals surface area (Å²) in [6, 6.07) is 22.9. The third-order valence-electron chi connectivity index (χ3n) is 4.49. The number of amides is 1. The summed E-state index contributed by atoms with van der Waals surface area (Å²) in [5, 5.41) is 1.10. The van der Waals surface area contributed by atoms with Crippen LogP contribution in [-0.4, -0.2) is 15.9 Å². The third kappa shape index (κ3) is 4.47. The fourth-order valence-electron chi connectivity index (χ4n) is 3.00. The fraction of sp³-hybridized carbons (Fsp3) is 0.0417. The lowest BCUT2D eigenvalue weighted by molar-refractivity contribution is -0.112. The predicted octanol–water partition coefficient (Wildman–Crippen LogP) is 4.23. The van der Waals surface area contributed by atoms with Crippen molar-refractivity contribution in [3.8, 4) is 5.75 Å². The molecule has 0 aliphatic rings. The van der Waals surface area contributed by atoms with E-state index in [0.29, 0.717) is 17.9 Å². The van der Waals surface area contributed by atoms with Gasteiger partial charge in [0, 0.05) is 23.4 Å². The highest BCUT2D eigenvalue weighted by atomic mass is 16.5. The molecule has 2 N–H and O–H groups in total. The van der Waals surface area contributed by atoms with E-state index in [1.807, 2.05) is 72.8 Å². The Bertz CT molecular complexity index is 1170. The first kappa shape index (κ1) is 18.4. The zero-order chi connectivity index (χ0) is 20.1. The van der Waals surface area contributed by atoms with Crippen molar-refractivity contribution >= 4 is 28.5 Å². The smallest absolute Gasteiger partial charge is 0.249 e. The summed E-state index contributed by atoms with van der Waals surface area (Å²) in [6.07, 6.45) is 5.09. The van der Waals surface area contributed by atoms with Gasteiger partial charge in [-0.2, -0.15) is 0 Å². The molecule has 0 aliphatic carbocycles. The standard InChI is InChI=1S/C24H19N3O2/c25-24(28)22(15-17-11-13-26-14-12-17)18-6-9-21(10-7-18)29-16-20-8-5-19-3-1-2-4-23(19)27-20/h1-15H,16H2,(H2,25,28)/b22-15+. The van der Waals surface area contributed by atoms with E-state index in [1.165, 1.54) is 0 Å². The second-order valence-corrected chi connectivity index (χ2v) is 6.51. The van der Waals surface area contributed by atoms with E-state index in [0.717, 1.165) is 27.7 Å². The Labute approximate surface area is 168 Å². The number of aromatic nitrogens is 2. The Hall–Kier alpha value is -3.99. The summed E-state index contributed by atoms with van der Waals surface area (Å²) in [5.41, 5.74) is 9.38. The number of hydrogen-bond acceptors (Lipinski definition) is 4. The maximum atomic E-state index is 11.9. The van der Waals surface area contributed by atoms with Crippen molar-refractivity contribution in [3.63, 3.8) is 0 Å². The number of nitrogens with zero attached hydrogens (tertiary/aromatic N) is 2. The highest BCUT2D eigenvalue weighted by Gasteiger charge is 2.09. The molecule has 2 heterocycles. The Morgan fingerprint density at radius 3 is 2.45 bits per heavy atom. The van der Waals surface area contributed by atoms with Gasteiger partial charge in [-0.15, -0.1) is 0 Å². The molecule has 2 aromatic heterocycles. The number of carbonyl (C=O) groups is 1. The molecule has 29 heavy (non-hydrogen) atoms. The summed E-state index contributed by atoms with van der Waals surface area (Å²) in [4.78, 5) is 20.5. The Morgan fingerprint density at radius 2 is 1.69 bits per heavy atom. The van der Waals surface area contributed by atoms with Gasteiger partial charge in [-0.05, 0) is 53.6 Å². The van der Waals surface area contributed by atoms with Gasteiger partial charge in [0.05, 0.1) is 11.2 Å². The highest BCUT2D eigenvalue weighted by Crippen LogP contribution is 2.22. The molecule has 0 spiro atoms. The maximum Gasteiger partial charge on any atom is 0.249 e. The zero-order valence-electron chi connectivity index (χ0n) is 15.7. The minimum absolute atomic E-state index is 0.361. The van der Waals surface area contributed by atoms with Crippen molar-refractivity contribution in [3.05, 3.63) is 102 Å². The Kier molecular flexibility index (Phi) is 5.29. The summed E-state index contributed by atoms with van der Waals surface area (Å²) < 4.78 is 5.85. The van der Waals surface area contributed by atoms with Gasteiger partial charge in [0.1, 0.15) is 12.4 Å². The maximum absolute atomic E-state index is 11.9. The van der Waals surface area contributed by atoms with Crippen molar-refractivity contribution in [2.75, 3.05) is 0 Å². The van der Waals surface area contributed by atoms with E-state index in [-0.39, 0.29) is 0 Å². The van der Waals surface area contributed by atoms with Crippen LogP contribution in [0, 0.1) is 0 Å². The molecule has 0 saturated heterocycles. The van der Waals surface area contributed by atoms with E-state index in [4.69, 9.17) is 10.5 Å². The molecule has 0 fully saturated rings. The molecule has 0 radical (unpaired) electrons. The molecule has 5 nitrogen and oxygen atoms in total. The van der Waals surface area contributed by atoms with Crippen molar-refractivity contribution in [1.29, 1.82) is 0 Å². The van der Waals surface area contributed by atoms with Crippen LogP contribution < -0.4 is 10.5 Å². The molecule has 4 aromatic rings. The largest absolute Gasteiger partial charge is 0.487 e. The SMILES string of the molecule is NC(=O)/C(=C/c1ccncc1)c1ccc(OCc2ccc3ccccc3n2)cc1. The molecule has 1 amide bonds. The summed E-state index contributed by atoms with van der Waals surface area (Å²) in [5.74, 6) is 0.201. The van der Waals surface area contributed by atoms with Gasteiger partial charge in [0.15, 0.2) is 0 Å². The van der Waals surface area contributed by atoms with Crippen LogP contribution in [0.1, 0.15) is 16.8 Å². The molecule has 4 rings (SSSR count). The molecule has 0 aliphatic heterocycles. The lowest BCUT2D eigenvalue weighted by Gasteiger charge is -2.09. The first-order valence-electron chi connectivity index (χ1n) is 9.18. The van der Waals surface area contributed by atoms with Gasteiger partial charge in [-0.1, -0.05) is 36.4 Å². The lowest BCUT2D eigenvalue weighted by Crippen LogP contribution is -2.12. The van der Waals surface area contributed by atoms with Crippen LogP contribution in [0.3, 0.4) is 0 Å². The quantitative estimate of drug-likeness (QED) is 0.507. The normalized spacial score (nSPS) is 11.4. The summed E-state index contributed by atoms with van der Waals surface area (Å²) >= 11 is 0. The number of pyridine rings is 2. The fourth-order valence-corrected chi connectivity index (χ4v) is 3.00. The second kappa shape index (κ2) is 8.35. The topological polar surface area (TPSA) is 78.1 Å². The number of nitrogens with two attached hydrogens (primary N) is 1. The Morgan fingerprint density at radius 1 is 0.931 bits per heavy atom. The van der Waals surface area contributed by atoms with Gasteiger partial charge < -0.3 is 10.5 Å². The monoisotopic (exact) mass is 381 g/mol. The average molecular weight is 381 g/mol. The van der Waals surface area contributed by atoms with Crippen LogP contribution >= 0.6 is 0 Å². The molecule has 0 unspecified atom stereocenters. The van der Waals surface area contributed by atoms with E-state index >= 15 is 0 Å². The first-order chi connectivity index (χ1) is 14.2. The number of fused-ring (bicyclic) bond motifs is 1. The highest BCUT2D eigenvalue weighted by molar-refractivity contribution is 6.23. The van der Waals surface area contributed by atoms with Gasteiger partial charge in [0.2, 0.25) is 5.91 Å². The number of ether oxygens (including phenoxy) is 1. The van der Waals surface area contributed by atoms with Crippen LogP contribution in [-0.2, 0) is 11.4 Å². The molecule has 0 bridgehead atoms. The van der Waals surface area contributed by atoms with Crippen LogP contribution in [0.2, 0.25) is 0 Å². The number of rotatable bonds is 6. The number of carbonyl (C=O) groups excluding carboxylic acids is 1. The van der Waals surface area contributed by atoms with Crippen molar-refractivity contribution in [2.24, 2.45) is 5.73 Å². The van der Waals surface area contributed by atoms with Gasteiger partial charge in [0.25, 0.3) is 0 Å². The molecule has 5 heteroatoms. The molecular weight excluding hydrogens is 362 g/mol. The van der Waals surface area contributed by atoms with Crippen LogP contribution in [0.4, 0.5) is 0 Å². The summed E-state index contributed by atoms with van der Waals surface area (Å²) in [6.45, 7) is 0.361.